The zero-order chi connectivity index (χ0) is 11.9. The molecule has 1 aromatic rings. The predicted octanol–water partition coefficient (Wildman–Crippen LogP) is 3.85. The summed E-state index contributed by atoms with van der Waals surface area (Å²) in [5, 5.41) is 0. The topological polar surface area (TPSA) is 9.23 Å². The van der Waals surface area contributed by atoms with E-state index in [9.17, 15) is 0 Å². The molecule has 0 radical (unpaired) electrons. The average molecular weight is 249 g/mol. The normalized spacial score (nSPS) is 15.4. The van der Waals surface area contributed by atoms with Crippen LogP contribution in [0.3, 0.4) is 0 Å². The number of halogens is 1. The molecule has 17 heavy (non-hydrogen) atoms. The molecule has 0 bridgehead atoms. The molecule has 1 aliphatic carbocycles. The van der Waals surface area contributed by atoms with Crippen LogP contribution >= 0.6 is 11.6 Å². The van der Waals surface area contributed by atoms with Crippen LogP contribution in [0.15, 0.2) is 24.3 Å². The van der Waals surface area contributed by atoms with E-state index in [0.29, 0.717) is 5.88 Å². The molecular weight excluding hydrogens is 232 g/mol. The van der Waals surface area contributed by atoms with Crippen LogP contribution in [-0.4, -0.2) is 12.5 Å². The molecule has 0 unspecified atom stereocenters. The summed E-state index contributed by atoms with van der Waals surface area (Å²) in [6, 6.07) is 7.91. The van der Waals surface area contributed by atoms with Gasteiger partial charge in [0.15, 0.2) is 0 Å². The number of hydrogen-bond acceptors (Lipinski definition) is 1. The van der Waals surface area contributed by atoms with E-state index in [1.807, 2.05) is 24.3 Å². The van der Waals surface area contributed by atoms with Gasteiger partial charge in [-0.25, -0.2) is 0 Å². The monoisotopic (exact) mass is 248 g/mol. The van der Waals surface area contributed by atoms with Gasteiger partial charge in [-0.15, -0.1) is 11.6 Å². The van der Waals surface area contributed by atoms with E-state index in [-0.39, 0.29) is 0 Å². The minimum atomic E-state index is 0.375. The van der Waals surface area contributed by atoms with Crippen LogP contribution in [0.4, 0.5) is 0 Å². The highest BCUT2D eigenvalue weighted by Gasteiger charge is 2.15. The maximum atomic E-state index is 5.78. The standard InChI is InChI=1S/C15H17ClO/c16-11-3-6-13-7-9-15(10-8-13)17-12-14-4-1-2-5-14/h7-10,14H,1-2,4-5,11-12H2. The van der Waals surface area contributed by atoms with Crippen LogP contribution in [-0.2, 0) is 0 Å². The Kier molecular flexibility index (Phi) is 4.76. The molecule has 0 amide bonds. The number of hydrogen-bond donors (Lipinski definition) is 0. The van der Waals surface area contributed by atoms with Gasteiger partial charge >= 0.3 is 0 Å². The van der Waals surface area contributed by atoms with Crippen LogP contribution in [0.1, 0.15) is 31.2 Å². The fourth-order valence-corrected chi connectivity index (χ4v) is 2.23. The van der Waals surface area contributed by atoms with E-state index in [2.05, 4.69) is 11.8 Å². The minimum absolute atomic E-state index is 0.375. The summed E-state index contributed by atoms with van der Waals surface area (Å²) < 4.78 is 5.78. The lowest BCUT2D eigenvalue weighted by molar-refractivity contribution is 0.252. The highest BCUT2D eigenvalue weighted by Crippen LogP contribution is 2.25. The molecule has 2 heteroatoms. The SMILES string of the molecule is ClCC#Cc1ccc(OCC2CCCC2)cc1. The van der Waals surface area contributed by atoms with Crippen molar-refractivity contribution in [1.29, 1.82) is 0 Å². The molecule has 1 saturated carbocycles. The molecule has 0 atom stereocenters. The summed E-state index contributed by atoms with van der Waals surface area (Å²) >= 11 is 5.51. The van der Waals surface area contributed by atoms with E-state index in [1.54, 1.807) is 0 Å². The van der Waals surface area contributed by atoms with Crippen molar-refractivity contribution in [3.05, 3.63) is 29.8 Å². The van der Waals surface area contributed by atoms with Crippen LogP contribution < -0.4 is 4.74 Å². The van der Waals surface area contributed by atoms with Crippen LogP contribution in [0, 0.1) is 17.8 Å². The predicted molar refractivity (Wildman–Crippen MR) is 71.5 cm³/mol. The molecular formula is C15H17ClO. The molecule has 0 spiro atoms. The molecule has 1 aromatic carbocycles. The molecule has 90 valence electrons. The Labute approximate surface area is 108 Å². The number of rotatable bonds is 3. The van der Waals surface area contributed by atoms with Crippen LogP contribution in [0.5, 0.6) is 5.75 Å². The Morgan fingerprint density at radius 2 is 1.88 bits per heavy atom. The van der Waals surface area contributed by atoms with E-state index in [4.69, 9.17) is 16.3 Å². The summed E-state index contributed by atoms with van der Waals surface area (Å²) in [4.78, 5) is 0. The Morgan fingerprint density at radius 3 is 2.53 bits per heavy atom. The quantitative estimate of drug-likeness (QED) is 0.583. The summed E-state index contributed by atoms with van der Waals surface area (Å²) in [5.74, 6) is 7.89. The summed E-state index contributed by atoms with van der Waals surface area (Å²) in [6.45, 7) is 0.854. The van der Waals surface area contributed by atoms with E-state index in [1.165, 1.54) is 25.7 Å². The summed E-state index contributed by atoms with van der Waals surface area (Å²) in [6.07, 6.45) is 5.36. The third kappa shape index (κ3) is 3.98. The van der Waals surface area contributed by atoms with Gasteiger partial charge in [0.1, 0.15) is 5.75 Å². The molecule has 0 aliphatic heterocycles. The number of ether oxygens (including phenoxy) is 1. The third-order valence-electron chi connectivity index (χ3n) is 3.11. The maximum absolute atomic E-state index is 5.78. The first-order valence-corrected chi connectivity index (χ1v) is 6.69. The van der Waals surface area contributed by atoms with Crippen molar-refractivity contribution in [2.24, 2.45) is 5.92 Å². The minimum Gasteiger partial charge on any atom is -0.493 e. The lowest BCUT2D eigenvalue weighted by Crippen LogP contribution is -2.07. The molecule has 1 aliphatic rings. The zero-order valence-corrected chi connectivity index (χ0v) is 10.7. The summed E-state index contributed by atoms with van der Waals surface area (Å²) in [5.41, 5.74) is 0.985. The van der Waals surface area contributed by atoms with E-state index < -0.39 is 0 Å². The first-order chi connectivity index (χ1) is 8.38. The molecule has 0 aromatic heterocycles. The summed E-state index contributed by atoms with van der Waals surface area (Å²) in [7, 11) is 0. The Bertz CT molecular complexity index is 393. The molecule has 0 heterocycles. The Morgan fingerprint density at radius 1 is 1.18 bits per heavy atom. The van der Waals surface area contributed by atoms with Crippen molar-refractivity contribution < 1.29 is 4.74 Å². The van der Waals surface area contributed by atoms with Gasteiger partial charge in [0.2, 0.25) is 0 Å². The van der Waals surface area contributed by atoms with Crippen molar-refractivity contribution >= 4 is 11.6 Å². The van der Waals surface area contributed by atoms with Crippen molar-refractivity contribution in [2.45, 2.75) is 25.7 Å². The van der Waals surface area contributed by atoms with Gasteiger partial charge < -0.3 is 4.74 Å². The second kappa shape index (κ2) is 6.57. The lowest BCUT2D eigenvalue weighted by atomic mass is 10.1. The van der Waals surface area contributed by atoms with Crippen molar-refractivity contribution in [3.8, 4) is 17.6 Å². The van der Waals surface area contributed by atoms with E-state index >= 15 is 0 Å². The third-order valence-corrected chi connectivity index (χ3v) is 3.25. The smallest absolute Gasteiger partial charge is 0.119 e. The van der Waals surface area contributed by atoms with Gasteiger partial charge in [-0.3, -0.25) is 0 Å². The van der Waals surface area contributed by atoms with Crippen molar-refractivity contribution in [2.75, 3.05) is 12.5 Å². The fraction of sp³-hybridized carbons (Fsp3) is 0.467. The molecule has 1 nitrogen and oxygen atoms in total. The highest BCUT2D eigenvalue weighted by molar-refractivity contribution is 6.19. The Balaban J connectivity index is 1.84. The fourth-order valence-electron chi connectivity index (χ4n) is 2.16. The van der Waals surface area contributed by atoms with Gasteiger partial charge in [-0.05, 0) is 43.0 Å². The van der Waals surface area contributed by atoms with Crippen molar-refractivity contribution in [1.82, 2.24) is 0 Å². The van der Waals surface area contributed by atoms with Crippen LogP contribution in [0.2, 0.25) is 0 Å². The maximum Gasteiger partial charge on any atom is 0.119 e. The average Bonchev–Trinajstić information content (AvgIpc) is 2.88. The van der Waals surface area contributed by atoms with Gasteiger partial charge in [0.25, 0.3) is 0 Å². The number of benzene rings is 1. The van der Waals surface area contributed by atoms with Gasteiger partial charge in [-0.1, -0.05) is 24.7 Å². The molecule has 2 rings (SSSR count). The molecule has 1 fully saturated rings. The van der Waals surface area contributed by atoms with Gasteiger partial charge in [0, 0.05) is 5.56 Å². The Hall–Kier alpha value is -1.13. The first-order valence-electron chi connectivity index (χ1n) is 6.16. The largest absolute Gasteiger partial charge is 0.493 e. The molecule has 0 saturated heterocycles. The van der Waals surface area contributed by atoms with Crippen LogP contribution in [0.25, 0.3) is 0 Å². The van der Waals surface area contributed by atoms with Gasteiger partial charge in [0.05, 0.1) is 12.5 Å². The van der Waals surface area contributed by atoms with Gasteiger partial charge in [-0.2, -0.15) is 0 Å². The lowest BCUT2D eigenvalue weighted by Gasteiger charge is -2.11. The molecule has 0 N–H and O–H groups in total. The van der Waals surface area contributed by atoms with Crippen molar-refractivity contribution in [3.63, 3.8) is 0 Å². The first kappa shape index (κ1) is 12.3. The number of alkyl halides is 1. The second-order valence-electron chi connectivity index (χ2n) is 4.42. The second-order valence-corrected chi connectivity index (χ2v) is 4.69. The van der Waals surface area contributed by atoms with E-state index in [0.717, 1.165) is 23.8 Å². The highest BCUT2D eigenvalue weighted by atomic mass is 35.5. The zero-order valence-electron chi connectivity index (χ0n) is 9.92.